The van der Waals surface area contributed by atoms with Crippen LogP contribution in [0.3, 0.4) is 0 Å². The molecule has 0 spiro atoms. The third-order valence-corrected chi connectivity index (χ3v) is 5.47. The zero-order valence-corrected chi connectivity index (χ0v) is 18.0. The number of alkyl halides is 3. The zero-order valence-electron chi connectivity index (χ0n) is 18.0. The lowest BCUT2D eigenvalue weighted by Gasteiger charge is -2.11. The number of hydrogen-bond donors (Lipinski definition) is 1. The van der Waals surface area contributed by atoms with E-state index in [4.69, 9.17) is 0 Å². The van der Waals surface area contributed by atoms with E-state index in [2.05, 4.69) is 15.3 Å². The number of fused-ring (bicyclic) bond motifs is 1. The van der Waals surface area contributed by atoms with Gasteiger partial charge in [-0.15, -0.1) is 0 Å². The van der Waals surface area contributed by atoms with E-state index >= 15 is 0 Å². The number of carbonyl (C=O) groups is 2. The zero-order chi connectivity index (χ0) is 24.5. The second-order valence-corrected chi connectivity index (χ2v) is 7.81. The van der Waals surface area contributed by atoms with E-state index in [1.165, 1.54) is 12.1 Å². The van der Waals surface area contributed by atoms with Gasteiger partial charge in [-0.2, -0.15) is 13.2 Å². The minimum absolute atomic E-state index is 0.0150. The molecule has 2 heterocycles. The first kappa shape index (κ1) is 23.3. The largest absolute Gasteiger partial charge is 0.417 e. The molecule has 5 nitrogen and oxygen atoms in total. The Balaban J connectivity index is 1.50. The number of hydrogen-bond acceptors (Lipinski definition) is 4. The fourth-order valence-corrected chi connectivity index (χ4v) is 3.72. The van der Waals surface area contributed by atoms with Gasteiger partial charge in [0.25, 0.3) is 0 Å². The maximum Gasteiger partial charge on any atom is 0.417 e. The molecule has 0 unspecified atom stereocenters. The molecule has 9 heteroatoms. The van der Waals surface area contributed by atoms with Gasteiger partial charge in [-0.25, -0.2) is 4.39 Å². The van der Waals surface area contributed by atoms with E-state index in [1.54, 1.807) is 25.3 Å². The van der Waals surface area contributed by atoms with Crippen LogP contribution in [0.5, 0.6) is 0 Å². The van der Waals surface area contributed by atoms with Gasteiger partial charge in [0.2, 0.25) is 5.91 Å². The smallest absolute Gasteiger partial charge is 0.324 e. The Hall–Kier alpha value is -3.88. The number of amides is 1. The summed E-state index contributed by atoms with van der Waals surface area (Å²) in [7, 11) is 0. The van der Waals surface area contributed by atoms with Gasteiger partial charge in [0.1, 0.15) is 5.82 Å². The number of benzene rings is 1. The highest BCUT2D eigenvalue weighted by molar-refractivity contribution is 6.22. The molecule has 34 heavy (non-hydrogen) atoms. The molecule has 2 aromatic heterocycles. The molecule has 1 aromatic carbocycles. The number of halogens is 4. The van der Waals surface area contributed by atoms with Crippen molar-refractivity contribution in [3.8, 4) is 11.1 Å². The minimum atomic E-state index is -4.59. The Labute approximate surface area is 192 Å². The van der Waals surface area contributed by atoms with Crippen molar-refractivity contribution in [2.24, 2.45) is 0 Å². The van der Waals surface area contributed by atoms with Gasteiger partial charge in [-0.3, -0.25) is 19.6 Å². The summed E-state index contributed by atoms with van der Waals surface area (Å²) in [5.74, 6) is -1.31. The van der Waals surface area contributed by atoms with Crippen LogP contribution in [0.1, 0.15) is 35.7 Å². The second-order valence-electron chi connectivity index (χ2n) is 7.81. The molecule has 1 amide bonds. The topological polar surface area (TPSA) is 72.0 Å². The second kappa shape index (κ2) is 9.17. The molecule has 1 aliphatic rings. The Bertz CT molecular complexity index is 1320. The van der Waals surface area contributed by atoms with Crippen LogP contribution >= 0.6 is 0 Å². The average molecular weight is 469 g/mol. The Morgan fingerprint density at radius 3 is 2.56 bits per heavy atom. The number of anilines is 1. The predicted molar refractivity (Wildman–Crippen MR) is 118 cm³/mol. The number of carbonyl (C=O) groups excluding carboxylic acids is 2. The fourth-order valence-electron chi connectivity index (χ4n) is 3.72. The maximum absolute atomic E-state index is 14.8. The first-order valence-electron chi connectivity index (χ1n) is 10.5. The van der Waals surface area contributed by atoms with Gasteiger partial charge in [0, 0.05) is 41.9 Å². The van der Waals surface area contributed by atoms with Crippen molar-refractivity contribution in [2.45, 2.75) is 32.4 Å². The van der Waals surface area contributed by atoms with Crippen LogP contribution in [0.15, 0.2) is 55.0 Å². The highest BCUT2D eigenvalue weighted by Crippen LogP contribution is 2.32. The molecule has 174 valence electrons. The number of nitrogens with one attached hydrogen (secondary N) is 1. The first-order valence-corrected chi connectivity index (χ1v) is 10.5. The van der Waals surface area contributed by atoms with Crippen LogP contribution in [0, 0.1) is 5.82 Å². The molecule has 0 atom stereocenters. The summed E-state index contributed by atoms with van der Waals surface area (Å²) in [4.78, 5) is 32.3. The van der Waals surface area contributed by atoms with E-state index in [0.717, 1.165) is 23.5 Å². The van der Waals surface area contributed by atoms with Crippen molar-refractivity contribution in [3.05, 3.63) is 83.2 Å². The van der Waals surface area contributed by atoms with Crippen molar-refractivity contribution in [1.82, 2.24) is 9.97 Å². The van der Waals surface area contributed by atoms with Crippen molar-refractivity contribution in [1.29, 1.82) is 0 Å². The van der Waals surface area contributed by atoms with Gasteiger partial charge in [0.15, 0.2) is 5.78 Å². The maximum atomic E-state index is 14.8. The average Bonchev–Trinajstić information content (AvgIpc) is 3.23. The fraction of sp³-hybridized carbons (Fsp3) is 0.200. The summed E-state index contributed by atoms with van der Waals surface area (Å²) >= 11 is 0. The molecule has 0 fully saturated rings. The highest BCUT2D eigenvalue weighted by atomic mass is 19.4. The monoisotopic (exact) mass is 469 g/mol. The Kier molecular flexibility index (Phi) is 6.28. The molecule has 0 bridgehead atoms. The molecular formula is C25H19F4N3O2. The van der Waals surface area contributed by atoms with Crippen LogP contribution in [-0.4, -0.2) is 21.7 Å². The molecule has 0 radical (unpaired) electrons. The molecule has 4 rings (SSSR count). The van der Waals surface area contributed by atoms with E-state index in [-0.39, 0.29) is 23.5 Å². The third-order valence-electron chi connectivity index (χ3n) is 5.47. The quantitative estimate of drug-likeness (QED) is 0.491. The number of rotatable bonds is 6. The number of pyridine rings is 2. The summed E-state index contributed by atoms with van der Waals surface area (Å²) in [5, 5.41) is 2.31. The van der Waals surface area contributed by atoms with Crippen molar-refractivity contribution < 1.29 is 27.2 Å². The lowest BCUT2D eigenvalue weighted by atomic mass is 9.98. The molecular weight excluding hydrogens is 450 g/mol. The van der Waals surface area contributed by atoms with Crippen LogP contribution in [0.25, 0.3) is 16.7 Å². The predicted octanol–water partition coefficient (Wildman–Crippen LogP) is 5.40. The van der Waals surface area contributed by atoms with Crippen LogP contribution in [-0.2, 0) is 28.6 Å². The number of nitrogens with zero attached hydrogens (tertiary/aromatic N) is 2. The summed E-state index contributed by atoms with van der Waals surface area (Å²) in [5.41, 5.74) is 2.24. The van der Waals surface area contributed by atoms with Crippen molar-refractivity contribution in [3.63, 3.8) is 0 Å². The van der Waals surface area contributed by atoms with Crippen LogP contribution < -0.4 is 5.32 Å². The van der Waals surface area contributed by atoms with E-state index in [9.17, 15) is 27.2 Å². The molecule has 1 N–H and O–H groups in total. The Morgan fingerprint density at radius 1 is 1.06 bits per heavy atom. The van der Waals surface area contributed by atoms with Gasteiger partial charge in [0.05, 0.1) is 29.6 Å². The number of allylic oxidation sites excluding steroid dienone is 2. The summed E-state index contributed by atoms with van der Waals surface area (Å²) in [6.07, 6.45) is 1.16. The number of ketones is 1. The third kappa shape index (κ3) is 4.88. The van der Waals surface area contributed by atoms with Crippen molar-refractivity contribution in [2.75, 3.05) is 5.32 Å². The summed E-state index contributed by atoms with van der Waals surface area (Å²) < 4.78 is 53.2. The minimum Gasteiger partial charge on any atom is -0.324 e. The van der Waals surface area contributed by atoms with Crippen LogP contribution in [0.2, 0.25) is 0 Å². The van der Waals surface area contributed by atoms with E-state index in [1.807, 2.05) is 6.08 Å². The van der Waals surface area contributed by atoms with Gasteiger partial charge in [-0.05, 0) is 29.3 Å². The van der Waals surface area contributed by atoms with Gasteiger partial charge < -0.3 is 5.32 Å². The normalized spacial score (nSPS) is 12.8. The highest BCUT2D eigenvalue weighted by Gasteiger charge is 2.31. The molecule has 3 aromatic rings. The lowest BCUT2D eigenvalue weighted by molar-refractivity contribution is -0.137. The van der Waals surface area contributed by atoms with Gasteiger partial charge >= 0.3 is 6.18 Å². The first-order chi connectivity index (χ1) is 16.2. The SMILES string of the molecule is CCC(=O)C1=CCc2ncc(-c3ccc(CC(=O)Nc4cncc(C(F)(F)F)c4)c(F)c3)cc21. The summed E-state index contributed by atoms with van der Waals surface area (Å²) in [6.45, 7) is 1.78. The Morgan fingerprint density at radius 2 is 1.85 bits per heavy atom. The van der Waals surface area contributed by atoms with E-state index < -0.39 is 23.5 Å². The van der Waals surface area contributed by atoms with Crippen LogP contribution in [0.4, 0.5) is 23.2 Å². The summed E-state index contributed by atoms with van der Waals surface area (Å²) in [6, 6.07) is 6.89. The molecule has 1 aliphatic carbocycles. The van der Waals surface area contributed by atoms with Crippen molar-refractivity contribution >= 4 is 23.0 Å². The lowest BCUT2D eigenvalue weighted by Crippen LogP contribution is -2.16. The molecule has 0 saturated carbocycles. The molecule has 0 aliphatic heterocycles. The number of aromatic nitrogens is 2. The van der Waals surface area contributed by atoms with Gasteiger partial charge in [-0.1, -0.05) is 25.1 Å². The standard InChI is InChI=1S/C25H19F4N3O2/c1-2-23(33)19-5-6-22-20(19)7-16(11-31-22)14-3-4-15(21(26)8-14)9-24(34)32-18-10-17(12-30-13-18)25(27,28)29/h3-5,7-8,10-13H,2,6,9H2,1H3,(H,32,34). The van der Waals surface area contributed by atoms with E-state index in [0.29, 0.717) is 35.7 Å². The molecule has 0 saturated heterocycles. The number of Topliss-reactive ketones (excluding diaryl/α,β-unsaturated/α-hetero) is 1.